The van der Waals surface area contributed by atoms with E-state index in [1.54, 1.807) is 0 Å². The molecule has 0 heterocycles. The zero-order chi connectivity index (χ0) is 15.9. The molecule has 0 aromatic carbocycles. The van der Waals surface area contributed by atoms with Crippen LogP contribution in [0.3, 0.4) is 0 Å². The molecule has 2 rings (SSSR count). The van der Waals surface area contributed by atoms with Gasteiger partial charge in [0, 0.05) is 0 Å². The van der Waals surface area contributed by atoms with Gasteiger partial charge in [0.1, 0.15) is 0 Å². The number of rotatable bonds is 0. The Labute approximate surface area is 140 Å². The van der Waals surface area contributed by atoms with E-state index < -0.39 is 0 Å². The van der Waals surface area contributed by atoms with Crippen LogP contribution in [-0.4, -0.2) is 0 Å². The third kappa shape index (κ3) is 5.27. The van der Waals surface area contributed by atoms with Crippen molar-refractivity contribution in [3.63, 3.8) is 0 Å². The van der Waals surface area contributed by atoms with Gasteiger partial charge < -0.3 is 0 Å². The van der Waals surface area contributed by atoms with E-state index in [0.717, 1.165) is 35.5 Å². The summed E-state index contributed by atoms with van der Waals surface area (Å²) in [6.07, 6.45) is 17.9. The fourth-order valence-electron chi connectivity index (χ4n) is 5.46. The van der Waals surface area contributed by atoms with Gasteiger partial charge in [0.2, 0.25) is 0 Å². The number of hydrogen-bond acceptors (Lipinski definition) is 0. The Morgan fingerprint density at radius 3 is 1.00 bits per heavy atom. The highest BCUT2D eigenvalue weighted by molar-refractivity contribution is 4.82. The Bertz CT molecular complexity index is 294. The molecule has 0 radical (unpaired) electrons. The predicted molar refractivity (Wildman–Crippen MR) is 99.0 cm³/mol. The minimum Gasteiger partial charge on any atom is -0.0623 e. The molecule has 6 unspecified atom stereocenters. The molecular weight excluding hydrogens is 264 g/mol. The zero-order valence-electron chi connectivity index (χ0n) is 15.9. The molecule has 0 aromatic heterocycles. The van der Waals surface area contributed by atoms with E-state index in [1.807, 2.05) is 0 Å². The molecule has 0 heteroatoms. The Morgan fingerprint density at radius 1 is 0.364 bits per heavy atom. The van der Waals surface area contributed by atoms with Crippen molar-refractivity contribution in [3.8, 4) is 0 Å². The molecule has 0 saturated heterocycles. The van der Waals surface area contributed by atoms with Crippen LogP contribution >= 0.6 is 0 Å². The van der Waals surface area contributed by atoms with E-state index in [1.165, 1.54) is 77.0 Å². The molecule has 0 aromatic rings. The molecule has 2 saturated carbocycles. The van der Waals surface area contributed by atoms with E-state index in [0.29, 0.717) is 0 Å². The minimum absolute atomic E-state index is 0.945. The smallest absolute Gasteiger partial charge is 0.0358 e. The first kappa shape index (κ1) is 18.3. The van der Waals surface area contributed by atoms with Crippen LogP contribution in [0.15, 0.2) is 0 Å². The van der Waals surface area contributed by atoms with Crippen molar-refractivity contribution < 1.29 is 0 Å². The van der Waals surface area contributed by atoms with Gasteiger partial charge in [-0.1, -0.05) is 91.9 Å². The Balaban J connectivity index is 2.02. The van der Waals surface area contributed by atoms with Gasteiger partial charge >= 0.3 is 0 Å². The summed E-state index contributed by atoms with van der Waals surface area (Å²) in [6.45, 7) is 10.2. The van der Waals surface area contributed by atoms with Crippen LogP contribution in [0.25, 0.3) is 0 Å². The third-order valence-electron chi connectivity index (χ3n) is 7.45. The molecule has 2 aliphatic rings. The lowest BCUT2D eigenvalue weighted by atomic mass is 9.71. The van der Waals surface area contributed by atoms with E-state index in [2.05, 4.69) is 27.7 Å². The summed E-state index contributed by atoms with van der Waals surface area (Å²) < 4.78 is 0. The van der Waals surface area contributed by atoms with E-state index in [-0.39, 0.29) is 0 Å². The van der Waals surface area contributed by atoms with Gasteiger partial charge in [-0.15, -0.1) is 0 Å². The maximum atomic E-state index is 2.58. The average molecular weight is 307 g/mol. The summed E-state index contributed by atoms with van der Waals surface area (Å²) in [5.41, 5.74) is 0. The molecule has 2 aliphatic carbocycles. The second-order valence-electron chi connectivity index (χ2n) is 9.09. The number of hydrogen-bond donors (Lipinski definition) is 0. The Hall–Kier alpha value is 0. The molecule has 6 atom stereocenters. The van der Waals surface area contributed by atoms with Crippen LogP contribution in [-0.2, 0) is 0 Å². The van der Waals surface area contributed by atoms with Crippen molar-refractivity contribution in [1.29, 1.82) is 0 Å². The van der Waals surface area contributed by atoms with Crippen molar-refractivity contribution in [1.82, 2.24) is 0 Å². The Kier molecular flexibility index (Phi) is 7.78. The van der Waals surface area contributed by atoms with Crippen LogP contribution in [0.5, 0.6) is 0 Å². The zero-order valence-corrected chi connectivity index (χ0v) is 15.9. The highest BCUT2D eigenvalue weighted by Gasteiger charge is 2.32. The molecule has 0 bridgehead atoms. The van der Waals surface area contributed by atoms with Crippen molar-refractivity contribution in [2.24, 2.45) is 35.5 Å². The highest BCUT2D eigenvalue weighted by Crippen LogP contribution is 2.42. The summed E-state index contributed by atoms with van der Waals surface area (Å²) in [5.74, 6) is 5.91. The summed E-state index contributed by atoms with van der Waals surface area (Å²) in [6, 6.07) is 0. The normalized spacial score (nSPS) is 43.1. The summed E-state index contributed by atoms with van der Waals surface area (Å²) in [5, 5.41) is 0. The molecule has 0 aliphatic heterocycles. The molecule has 0 spiro atoms. The lowest BCUT2D eigenvalue weighted by Gasteiger charge is -2.34. The number of fused-ring (bicyclic) bond motifs is 1. The second kappa shape index (κ2) is 9.33. The summed E-state index contributed by atoms with van der Waals surface area (Å²) >= 11 is 0. The molecule has 0 amide bonds. The molecule has 0 N–H and O–H groups in total. The first-order valence-corrected chi connectivity index (χ1v) is 10.6. The quantitative estimate of drug-likeness (QED) is 0.435. The van der Waals surface area contributed by atoms with Gasteiger partial charge in [-0.2, -0.15) is 0 Å². The van der Waals surface area contributed by atoms with Gasteiger partial charge in [0.15, 0.2) is 0 Å². The first-order valence-electron chi connectivity index (χ1n) is 10.6. The van der Waals surface area contributed by atoms with Gasteiger partial charge in [-0.05, 0) is 48.3 Å². The van der Waals surface area contributed by atoms with E-state index >= 15 is 0 Å². The summed E-state index contributed by atoms with van der Waals surface area (Å²) in [4.78, 5) is 0. The van der Waals surface area contributed by atoms with Gasteiger partial charge in [-0.3, -0.25) is 0 Å². The van der Waals surface area contributed by atoms with Crippen LogP contribution in [0.1, 0.15) is 105 Å². The van der Waals surface area contributed by atoms with Gasteiger partial charge in [-0.25, -0.2) is 0 Å². The lowest BCUT2D eigenvalue weighted by molar-refractivity contribution is 0.156. The highest BCUT2D eigenvalue weighted by atomic mass is 14.4. The molecule has 2 fully saturated rings. The molecule has 22 heavy (non-hydrogen) atoms. The van der Waals surface area contributed by atoms with E-state index in [4.69, 9.17) is 0 Å². The second-order valence-corrected chi connectivity index (χ2v) is 9.09. The molecule has 130 valence electrons. The monoisotopic (exact) mass is 306 g/mol. The fraction of sp³-hybridized carbons (Fsp3) is 1.00. The summed E-state index contributed by atoms with van der Waals surface area (Å²) in [7, 11) is 0. The maximum Gasteiger partial charge on any atom is -0.0358 e. The molecule has 0 nitrogen and oxygen atoms in total. The predicted octanol–water partition coefficient (Wildman–Crippen LogP) is 7.47. The van der Waals surface area contributed by atoms with Crippen molar-refractivity contribution in [3.05, 3.63) is 0 Å². The fourth-order valence-corrected chi connectivity index (χ4v) is 5.46. The van der Waals surface area contributed by atoms with E-state index in [9.17, 15) is 0 Å². The van der Waals surface area contributed by atoms with Crippen molar-refractivity contribution in [2.75, 3.05) is 0 Å². The van der Waals surface area contributed by atoms with Crippen molar-refractivity contribution in [2.45, 2.75) is 105 Å². The van der Waals surface area contributed by atoms with Crippen LogP contribution in [0, 0.1) is 35.5 Å². The van der Waals surface area contributed by atoms with Crippen molar-refractivity contribution >= 4 is 0 Å². The van der Waals surface area contributed by atoms with Gasteiger partial charge in [0.25, 0.3) is 0 Å². The first-order chi connectivity index (χ1) is 10.6. The lowest BCUT2D eigenvalue weighted by Crippen LogP contribution is -2.26. The SMILES string of the molecule is CC1CCCCC(C)C2CCCCC(C)C2CCCCC1C. The minimum atomic E-state index is 0.945. The molecular formula is C22H42. The third-order valence-corrected chi connectivity index (χ3v) is 7.45. The Morgan fingerprint density at radius 2 is 0.636 bits per heavy atom. The topological polar surface area (TPSA) is 0 Å². The van der Waals surface area contributed by atoms with Crippen LogP contribution in [0.2, 0.25) is 0 Å². The largest absolute Gasteiger partial charge is 0.0623 e. The van der Waals surface area contributed by atoms with Crippen LogP contribution < -0.4 is 0 Å². The maximum absolute atomic E-state index is 2.58. The standard InChI is InChI=1S/C22H42/c1-17-11-5-6-13-19(3)22-16-10-8-14-20(4)21(22)15-9-7-12-18(17)2/h17-22H,5-16H2,1-4H3. The van der Waals surface area contributed by atoms with Gasteiger partial charge in [0.05, 0.1) is 0 Å². The average Bonchev–Trinajstić information content (AvgIpc) is 2.68. The van der Waals surface area contributed by atoms with Crippen LogP contribution in [0.4, 0.5) is 0 Å².